The summed E-state index contributed by atoms with van der Waals surface area (Å²) in [6, 6.07) is 15.8. The lowest BCUT2D eigenvalue weighted by atomic mass is 10.1. The molecule has 156 valence electrons. The Morgan fingerprint density at radius 1 is 1.00 bits per heavy atom. The van der Waals surface area contributed by atoms with Gasteiger partial charge in [-0.3, -0.25) is 4.79 Å². The van der Waals surface area contributed by atoms with Gasteiger partial charge in [-0.2, -0.15) is 0 Å². The average molecular weight is 410 g/mol. The third-order valence-electron chi connectivity index (χ3n) is 4.63. The molecular weight excluding hydrogens is 386 g/mol. The molecule has 0 spiro atoms. The Morgan fingerprint density at radius 3 is 2.47 bits per heavy atom. The van der Waals surface area contributed by atoms with E-state index in [2.05, 4.69) is 15.6 Å². The van der Waals surface area contributed by atoms with E-state index in [9.17, 15) is 13.6 Å². The molecule has 7 heteroatoms. The zero-order valence-electron chi connectivity index (χ0n) is 17.0. The van der Waals surface area contributed by atoms with Crippen LogP contribution in [-0.2, 0) is 17.8 Å². The van der Waals surface area contributed by atoms with E-state index in [1.165, 1.54) is 24.3 Å². The Balaban J connectivity index is 1.71. The Kier molecular flexibility index (Phi) is 6.95. The van der Waals surface area contributed by atoms with Crippen molar-refractivity contribution >= 4 is 23.2 Å². The highest BCUT2D eigenvalue weighted by Crippen LogP contribution is 2.25. The van der Waals surface area contributed by atoms with Crippen molar-refractivity contribution in [2.45, 2.75) is 19.9 Å². The summed E-state index contributed by atoms with van der Waals surface area (Å²) in [4.78, 5) is 19.0. The highest BCUT2D eigenvalue weighted by atomic mass is 19.1. The topological polar surface area (TPSA) is 57.3 Å². The van der Waals surface area contributed by atoms with Gasteiger partial charge in [-0.25, -0.2) is 13.8 Å². The first-order valence-electron chi connectivity index (χ1n) is 9.69. The fraction of sp³-hybridized carbons (Fsp3) is 0.217. The molecule has 1 amide bonds. The fourth-order valence-corrected chi connectivity index (χ4v) is 2.91. The first kappa shape index (κ1) is 21.2. The third kappa shape index (κ3) is 5.76. The number of amides is 1. The van der Waals surface area contributed by atoms with Crippen molar-refractivity contribution in [3.8, 4) is 0 Å². The van der Waals surface area contributed by atoms with E-state index < -0.39 is 0 Å². The molecule has 0 bridgehead atoms. The zero-order valence-corrected chi connectivity index (χ0v) is 17.0. The van der Waals surface area contributed by atoms with Gasteiger partial charge in [0.2, 0.25) is 5.91 Å². The van der Waals surface area contributed by atoms with Gasteiger partial charge < -0.3 is 15.5 Å². The van der Waals surface area contributed by atoms with E-state index in [1.807, 2.05) is 18.9 Å². The van der Waals surface area contributed by atoms with E-state index in [1.54, 1.807) is 36.4 Å². The summed E-state index contributed by atoms with van der Waals surface area (Å²) in [7, 11) is 1.88. The summed E-state index contributed by atoms with van der Waals surface area (Å²) in [5, 5.41) is 6.08. The molecule has 5 nitrogen and oxygen atoms in total. The molecule has 2 N–H and O–H groups in total. The second-order valence-electron chi connectivity index (χ2n) is 6.92. The van der Waals surface area contributed by atoms with Crippen molar-refractivity contribution in [3.63, 3.8) is 0 Å². The zero-order chi connectivity index (χ0) is 21.5. The molecule has 30 heavy (non-hydrogen) atoms. The number of nitrogens with zero attached hydrogens (tertiary/aromatic N) is 2. The maximum Gasteiger partial charge on any atom is 0.228 e. The van der Waals surface area contributed by atoms with E-state index >= 15 is 0 Å². The van der Waals surface area contributed by atoms with Crippen LogP contribution in [0.25, 0.3) is 0 Å². The summed E-state index contributed by atoms with van der Waals surface area (Å²) in [5.74, 6) is 0.360. The molecule has 0 radical (unpaired) electrons. The van der Waals surface area contributed by atoms with Crippen molar-refractivity contribution in [1.82, 2.24) is 4.98 Å². The van der Waals surface area contributed by atoms with Gasteiger partial charge in [0, 0.05) is 20.1 Å². The smallest absolute Gasteiger partial charge is 0.228 e. The quantitative estimate of drug-likeness (QED) is 0.570. The molecule has 2 aromatic carbocycles. The molecule has 0 aliphatic carbocycles. The minimum atomic E-state index is -0.370. The van der Waals surface area contributed by atoms with Crippen molar-refractivity contribution in [2.24, 2.45) is 0 Å². The minimum Gasteiger partial charge on any atom is -0.366 e. The number of anilines is 3. The predicted octanol–water partition coefficient (Wildman–Crippen LogP) is 4.61. The van der Waals surface area contributed by atoms with Crippen LogP contribution in [0.1, 0.15) is 18.1 Å². The van der Waals surface area contributed by atoms with Gasteiger partial charge in [-0.05, 0) is 54.4 Å². The number of hydrogen-bond acceptors (Lipinski definition) is 4. The number of carbonyl (C=O) groups excluding carboxylic acids is 1. The molecule has 0 saturated heterocycles. The maximum absolute atomic E-state index is 13.3. The van der Waals surface area contributed by atoms with Crippen LogP contribution in [-0.4, -0.2) is 24.5 Å². The van der Waals surface area contributed by atoms with Crippen LogP contribution in [0.5, 0.6) is 0 Å². The first-order chi connectivity index (χ1) is 14.4. The summed E-state index contributed by atoms with van der Waals surface area (Å²) in [5.41, 5.74) is 2.10. The maximum atomic E-state index is 13.3. The number of carbonyl (C=O) groups is 1. The molecule has 0 fully saturated rings. The van der Waals surface area contributed by atoms with E-state index in [-0.39, 0.29) is 24.0 Å². The molecule has 0 saturated carbocycles. The lowest BCUT2D eigenvalue weighted by molar-refractivity contribution is -0.115. The molecule has 3 rings (SSSR count). The standard InChI is InChI=1S/C23H24F2N4O/c1-3-29(2)23-20(27-22(30)14-17-5-4-6-19(25)13-17)11-12-21(28-23)26-15-16-7-9-18(24)10-8-16/h4-13H,3,14-15H2,1-2H3,(H,26,28)(H,27,30). The number of benzene rings is 2. The number of aromatic nitrogens is 1. The van der Waals surface area contributed by atoms with Crippen LogP contribution in [0.3, 0.4) is 0 Å². The van der Waals surface area contributed by atoms with Crippen molar-refractivity contribution in [1.29, 1.82) is 0 Å². The van der Waals surface area contributed by atoms with E-state index in [4.69, 9.17) is 0 Å². The number of pyridine rings is 1. The molecule has 0 aliphatic rings. The first-order valence-corrected chi connectivity index (χ1v) is 9.69. The van der Waals surface area contributed by atoms with Crippen molar-refractivity contribution in [2.75, 3.05) is 29.1 Å². The highest BCUT2D eigenvalue weighted by Gasteiger charge is 2.13. The summed E-state index contributed by atoms with van der Waals surface area (Å²) in [6.07, 6.45) is 0.0671. The molecule has 1 heterocycles. The van der Waals surface area contributed by atoms with Crippen molar-refractivity contribution in [3.05, 3.63) is 83.4 Å². The molecule has 0 atom stereocenters. The van der Waals surface area contributed by atoms with Gasteiger partial charge in [0.15, 0.2) is 5.82 Å². The Bertz CT molecular complexity index is 1010. The number of nitrogens with one attached hydrogen (secondary N) is 2. The SMILES string of the molecule is CCN(C)c1nc(NCc2ccc(F)cc2)ccc1NC(=O)Cc1cccc(F)c1. The van der Waals surface area contributed by atoms with E-state index in [0.717, 1.165) is 5.56 Å². The predicted molar refractivity (Wildman–Crippen MR) is 116 cm³/mol. The molecule has 1 aromatic heterocycles. The largest absolute Gasteiger partial charge is 0.366 e. The van der Waals surface area contributed by atoms with Crippen LogP contribution in [0, 0.1) is 11.6 Å². The minimum absolute atomic E-state index is 0.0671. The molecular formula is C23H24F2N4O. The van der Waals surface area contributed by atoms with Gasteiger partial charge in [0.05, 0.1) is 12.1 Å². The lowest BCUT2D eigenvalue weighted by Gasteiger charge is -2.21. The van der Waals surface area contributed by atoms with Crippen LogP contribution in [0.4, 0.5) is 26.1 Å². The van der Waals surface area contributed by atoms with Gasteiger partial charge in [0.25, 0.3) is 0 Å². The summed E-state index contributed by atoms with van der Waals surface area (Å²) >= 11 is 0. The highest BCUT2D eigenvalue weighted by molar-refractivity contribution is 5.95. The normalized spacial score (nSPS) is 10.5. The van der Waals surface area contributed by atoms with Crippen LogP contribution >= 0.6 is 0 Å². The van der Waals surface area contributed by atoms with Crippen molar-refractivity contribution < 1.29 is 13.6 Å². The second kappa shape index (κ2) is 9.82. The monoisotopic (exact) mass is 410 g/mol. The number of halogens is 2. The van der Waals surface area contributed by atoms with E-state index in [0.29, 0.717) is 36.0 Å². The van der Waals surface area contributed by atoms with Gasteiger partial charge >= 0.3 is 0 Å². The molecule has 0 unspecified atom stereocenters. The second-order valence-corrected chi connectivity index (χ2v) is 6.92. The Morgan fingerprint density at radius 2 is 1.77 bits per heavy atom. The Labute approximate surface area is 174 Å². The van der Waals surface area contributed by atoms with Crippen LogP contribution < -0.4 is 15.5 Å². The lowest BCUT2D eigenvalue weighted by Crippen LogP contribution is -2.22. The van der Waals surface area contributed by atoms with Crippen LogP contribution in [0.2, 0.25) is 0 Å². The molecule has 3 aromatic rings. The average Bonchev–Trinajstić information content (AvgIpc) is 2.73. The van der Waals surface area contributed by atoms with Gasteiger partial charge in [-0.1, -0.05) is 24.3 Å². The summed E-state index contributed by atoms with van der Waals surface area (Å²) in [6.45, 7) is 3.17. The van der Waals surface area contributed by atoms with Crippen LogP contribution in [0.15, 0.2) is 60.7 Å². The Hall–Kier alpha value is -3.48. The summed E-state index contributed by atoms with van der Waals surface area (Å²) < 4.78 is 26.4. The fourth-order valence-electron chi connectivity index (χ4n) is 2.91. The number of hydrogen-bond donors (Lipinski definition) is 2. The van der Waals surface area contributed by atoms with Gasteiger partial charge in [-0.15, -0.1) is 0 Å². The molecule has 0 aliphatic heterocycles. The van der Waals surface area contributed by atoms with Gasteiger partial charge in [0.1, 0.15) is 17.5 Å². The number of rotatable bonds is 8. The third-order valence-corrected chi connectivity index (χ3v) is 4.63.